The van der Waals surface area contributed by atoms with Crippen LogP contribution in [0.4, 0.5) is 0 Å². The number of hydrogen-bond donors (Lipinski definition) is 0. The number of para-hydroxylation sites is 1. The number of aromatic nitrogens is 1. The number of rotatable bonds is 2. The van der Waals surface area contributed by atoms with Crippen LogP contribution in [-0.4, -0.2) is 28.0 Å². The Morgan fingerprint density at radius 2 is 2.10 bits per heavy atom. The average Bonchev–Trinajstić information content (AvgIpc) is 2.84. The molecule has 1 aliphatic heterocycles. The van der Waals surface area contributed by atoms with Gasteiger partial charge < -0.3 is 9.47 Å². The normalized spacial score (nSPS) is 19.5. The van der Waals surface area contributed by atoms with Crippen LogP contribution in [0, 0.1) is 0 Å². The molecule has 0 saturated carbocycles. The van der Waals surface area contributed by atoms with Gasteiger partial charge in [0.05, 0.1) is 5.56 Å². The van der Waals surface area contributed by atoms with E-state index < -0.39 is 0 Å². The van der Waals surface area contributed by atoms with E-state index in [4.69, 9.17) is 0 Å². The summed E-state index contributed by atoms with van der Waals surface area (Å²) in [5.41, 5.74) is 1.98. The lowest BCUT2D eigenvalue weighted by Gasteiger charge is -2.35. The van der Waals surface area contributed by atoms with E-state index in [1.807, 2.05) is 36.0 Å². The van der Waals surface area contributed by atoms with Crippen molar-refractivity contribution in [3.8, 4) is 0 Å². The molecule has 1 atom stereocenters. The maximum atomic E-state index is 12.9. The molecular formula is C17H22N2O. The summed E-state index contributed by atoms with van der Waals surface area (Å²) in [5.74, 6) is 0.202. The highest BCUT2D eigenvalue weighted by atomic mass is 16.2. The maximum Gasteiger partial charge on any atom is 0.256 e. The minimum absolute atomic E-state index is 0.202. The van der Waals surface area contributed by atoms with E-state index in [-0.39, 0.29) is 5.91 Å². The highest BCUT2D eigenvalue weighted by Crippen LogP contribution is 2.26. The Morgan fingerprint density at radius 1 is 1.30 bits per heavy atom. The molecule has 1 aromatic carbocycles. The summed E-state index contributed by atoms with van der Waals surface area (Å²) in [6.07, 6.45) is 6.56. The van der Waals surface area contributed by atoms with Crippen LogP contribution >= 0.6 is 0 Å². The van der Waals surface area contributed by atoms with Gasteiger partial charge in [0.1, 0.15) is 0 Å². The van der Waals surface area contributed by atoms with Gasteiger partial charge in [-0.1, -0.05) is 25.1 Å². The van der Waals surface area contributed by atoms with Gasteiger partial charge in [-0.3, -0.25) is 4.79 Å². The third-order valence-electron chi connectivity index (χ3n) is 4.49. The quantitative estimate of drug-likeness (QED) is 0.818. The first-order valence-corrected chi connectivity index (χ1v) is 7.57. The lowest BCUT2D eigenvalue weighted by Crippen LogP contribution is -2.43. The Morgan fingerprint density at radius 3 is 2.90 bits per heavy atom. The van der Waals surface area contributed by atoms with E-state index in [2.05, 4.69) is 17.9 Å². The lowest BCUT2D eigenvalue weighted by molar-refractivity contribution is 0.0610. The van der Waals surface area contributed by atoms with E-state index in [0.29, 0.717) is 6.04 Å². The van der Waals surface area contributed by atoms with Gasteiger partial charge in [-0.05, 0) is 31.7 Å². The fourth-order valence-electron chi connectivity index (χ4n) is 3.36. The summed E-state index contributed by atoms with van der Waals surface area (Å²) in [7, 11) is 2.01. The number of aryl methyl sites for hydroxylation is 1. The maximum absolute atomic E-state index is 12.9. The molecule has 20 heavy (non-hydrogen) atoms. The standard InChI is InChI=1S/C17H22N2O/c1-3-13-8-6-7-11-19(13)17(20)15-12-18(2)16-10-5-4-9-14(15)16/h4-5,9-10,12-13H,3,6-8,11H2,1-2H3. The van der Waals surface area contributed by atoms with Crippen molar-refractivity contribution in [2.24, 2.45) is 7.05 Å². The molecule has 1 aliphatic rings. The first-order valence-electron chi connectivity index (χ1n) is 7.57. The van der Waals surface area contributed by atoms with Crippen LogP contribution in [-0.2, 0) is 7.05 Å². The van der Waals surface area contributed by atoms with Gasteiger partial charge in [0.15, 0.2) is 0 Å². The van der Waals surface area contributed by atoms with Crippen molar-refractivity contribution in [3.05, 3.63) is 36.0 Å². The summed E-state index contributed by atoms with van der Waals surface area (Å²) < 4.78 is 2.05. The Bertz CT molecular complexity index is 629. The molecule has 2 aromatic rings. The van der Waals surface area contributed by atoms with Gasteiger partial charge in [0.2, 0.25) is 0 Å². The number of carbonyl (C=O) groups is 1. The predicted octanol–water partition coefficient (Wildman–Crippen LogP) is 3.58. The Labute approximate surface area is 120 Å². The third-order valence-corrected chi connectivity index (χ3v) is 4.49. The van der Waals surface area contributed by atoms with Gasteiger partial charge in [0, 0.05) is 36.7 Å². The van der Waals surface area contributed by atoms with Crippen molar-refractivity contribution in [1.82, 2.24) is 9.47 Å². The summed E-state index contributed by atoms with van der Waals surface area (Å²) in [4.78, 5) is 15.0. The molecule has 2 heterocycles. The second-order valence-corrected chi connectivity index (χ2v) is 5.73. The minimum Gasteiger partial charge on any atom is -0.350 e. The zero-order chi connectivity index (χ0) is 14.1. The minimum atomic E-state index is 0.202. The van der Waals surface area contributed by atoms with Gasteiger partial charge >= 0.3 is 0 Å². The lowest BCUT2D eigenvalue weighted by atomic mass is 9.99. The van der Waals surface area contributed by atoms with Crippen LogP contribution in [0.15, 0.2) is 30.5 Å². The predicted molar refractivity (Wildman–Crippen MR) is 81.9 cm³/mol. The molecule has 0 aliphatic carbocycles. The monoisotopic (exact) mass is 270 g/mol. The highest BCUT2D eigenvalue weighted by molar-refractivity contribution is 6.07. The smallest absolute Gasteiger partial charge is 0.256 e. The molecule has 0 N–H and O–H groups in total. The van der Waals surface area contributed by atoms with Crippen LogP contribution < -0.4 is 0 Å². The molecule has 3 heteroatoms. The number of hydrogen-bond acceptors (Lipinski definition) is 1. The van der Waals surface area contributed by atoms with Gasteiger partial charge in [-0.15, -0.1) is 0 Å². The number of nitrogens with zero attached hydrogens (tertiary/aromatic N) is 2. The molecule has 1 fully saturated rings. The van der Waals surface area contributed by atoms with Crippen molar-refractivity contribution in [3.63, 3.8) is 0 Å². The highest BCUT2D eigenvalue weighted by Gasteiger charge is 2.27. The van der Waals surface area contributed by atoms with Crippen molar-refractivity contribution in [2.75, 3.05) is 6.54 Å². The average molecular weight is 270 g/mol. The van der Waals surface area contributed by atoms with Gasteiger partial charge in [-0.25, -0.2) is 0 Å². The van der Waals surface area contributed by atoms with Crippen LogP contribution in [0.25, 0.3) is 10.9 Å². The zero-order valence-electron chi connectivity index (χ0n) is 12.3. The second-order valence-electron chi connectivity index (χ2n) is 5.73. The van der Waals surface area contributed by atoms with Crippen molar-refractivity contribution in [1.29, 1.82) is 0 Å². The number of likely N-dealkylation sites (tertiary alicyclic amines) is 1. The molecule has 106 valence electrons. The second kappa shape index (κ2) is 5.31. The van der Waals surface area contributed by atoms with Gasteiger partial charge in [-0.2, -0.15) is 0 Å². The molecule has 1 aromatic heterocycles. The largest absolute Gasteiger partial charge is 0.350 e. The fourth-order valence-corrected chi connectivity index (χ4v) is 3.36. The molecule has 0 bridgehead atoms. The fraction of sp³-hybridized carbons (Fsp3) is 0.471. The van der Waals surface area contributed by atoms with E-state index in [1.54, 1.807) is 0 Å². The summed E-state index contributed by atoms with van der Waals surface area (Å²) >= 11 is 0. The summed E-state index contributed by atoms with van der Waals surface area (Å²) in [6, 6.07) is 8.56. The molecular weight excluding hydrogens is 248 g/mol. The van der Waals surface area contributed by atoms with Crippen molar-refractivity contribution >= 4 is 16.8 Å². The molecule has 1 unspecified atom stereocenters. The van der Waals surface area contributed by atoms with Crippen LogP contribution in [0.1, 0.15) is 43.0 Å². The van der Waals surface area contributed by atoms with E-state index >= 15 is 0 Å². The Kier molecular flexibility index (Phi) is 3.51. The number of carbonyl (C=O) groups excluding carboxylic acids is 1. The van der Waals surface area contributed by atoms with Crippen LogP contribution in [0.3, 0.4) is 0 Å². The first-order chi connectivity index (χ1) is 9.72. The molecule has 3 rings (SSSR count). The topological polar surface area (TPSA) is 25.2 Å². The first kappa shape index (κ1) is 13.2. The van der Waals surface area contributed by atoms with Gasteiger partial charge in [0.25, 0.3) is 5.91 Å². The van der Waals surface area contributed by atoms with Crippen LogP contribution in [0.5, 0.6) is 0 Å². The Hall–Kier alpha value is -1.77. The summed E-state index contributed by atoms with van der Waals surface area (Å²) in [6.45, 7) is 3.08. The SMILES string of the molecule is CCC1CCCCN1C(=O)c1cn(C)c2ccccc12. The molecule has 0 radical (unpaired) electrons. The molecule has 1 saturated heterocycles. The molecule has 0 spiro atoms. The number of amides is 1. The number of fused-ring (bicyclic) bond motifs is 1. The van der Waals surface area contributed by atoms with Crippen molar-refractivity contribution in [2.45, 2.75) is 38.6 Å². The van der Waals surface area contributed by atoms with Crippen molar-refractivity contribution < 1.29 is 4.79 Å². The van der Waals surface area contributed by atoms with E-state index in [0.717, 1.165) is 42.3 Å². The molecule has 3 nitrogen and oxygen atoms in total. The number of benzene rings is 1. The summed E-state index contributed by atoms with van der Waals surface area (Å²) in [5, 5.41) is 1.07. The van der Waals surface area contributed by atoms with E-state index in [1.165, 1.54) is 6.42 Å². The van der Waals surface area contributed by atoms with Crippen LogP contribution in [0.2, 0.25) is 0 Å². The Balaban J connectivity index is 2.00. The molecule has 1 amide bonds. The third kappa shape index (κ3) is 2.11. The zero-order valence-corrected chi connectivity index (χ0v) is 12.3. The number of piperidine rings is 1. The van der Waals surface area contributed by atoms with E-state index in [9.17, 15) is 4.79 Å².